The minimum absolute atomic E-state index is 0.0608. The summed E-state index contributed by atoms with van der Waals surface area (Å²) < 4.78 is 4.99. The second-order valence-corrected chi connectivity index (χ2v) is 4.92. The molecule has 0 heterocycles. The van der Waals surface area contributed by atoms with Crippen molar-refractivity contribution in [3.63, 3.8) is 0 Å². The second kappa shape index (κ2) is 6.52. The van der Waals surface area contributed by atoms with Crippen LogP contribution in [0.25, 0.3) is 0 Å². The van der Waals surface area contributed by atoms with Crippen LogP contribution in [0.3, 0.4) is 0 Å². The van der Waals surface area contributed by atoms with Crippen molar-refractivity contribution < 1.29 is 14.5 Å². The smallest absolute Gasteiger partial charge is 0.315 e. The molecule has 0 saturated heterocycles. The fourth-order valence-corrected chi connectivity index (χ4v) is 2.02. The molecule has 1 unspecified atom stereocenters. The maximum atomic E-state index is 12.0. The molecule has 0 aromatic heterocycles. The van der Waals surface area contributed by atoms with Gasteiger partial charge in [-0.1, -0.05) is 23.7 Å². The molecule has 0 amide bonds. The summed E-state index contributed by atoms with van der Waals surface area (Å²) in [6, 6.07) is 4.41. The number of nitro benzene ring substituents is 1. The van der Waals surface area contributed by atoms with Crippen molar-refractivity contribution in [2.75, 3.05) is 6.61 Å². The van der Waals surface area contributed by atoms with E-state index in [9.17, 15) is 14.9 Å². The molecule has 0 aliphatic heterocycles. The van der Waals surface area contributed by atoms with E-state index in [2.05, 4.69) is 6.58 Å². The number of nitro groups is 1. The number of halogens is 1. The topological polar surface area (TPSA) is 69.4 Å². The van der Waals surface area contributed by atoms with E-state index in [-0.39, 0.29) is 23.7 Å². The summed E-state index contributed by atoms with van der Waals surface area (Å²) >= 11 is 6.03. The van der Waals surface area contributed by atoms with Gasteiger partial charge in [0.25, 0.3) is 5.69 Å². The first-order chi connectivity index (χ1) is 9.35. The maximum Gasteiger partial charge on any atom is 0.315 e. The lowest BCUT2D eigenvalue weighted by atomic mass is 9.83. The maximum absolute atomic E-state index is 12.0. The molecule has 0 N–H and O–H groups in total. The first-order valence-electron chi connectivity index (χ1n) is 6.08. The summed E-state index contributed by atoms with van der Waals surface area (Å²) in [4.78, 5) is 22.5. The highest BCUT2D eigenvalue weighted by atomic mass is 35.5. The number of nitrogens with zero attached hydrogens (tertiary/aromatic N) is 1. The number of benzene rings is 1. The SMILES string of the molecule is C=CC(C)(Cc1c(Cl)cccc1[N+](=O)[O-])C(=O)OCC. The standard InChI is InChI=1S/C14H16ClNO4/c1-4-14(3,13(17)20-5-2)9-10-11(15)7-6-8-12(10)16(18)19/h4,6-8H,1,5,9H2,2-3H3. The Morgan fingerprint density at radius 3 is 2.75 bits per heavy atom. The van der Waals surface area contributed by atoms with Gasteiger partial charge in [-0.3, -0.25) is 14.9 Å². The average Bonchev–Trinajstić information content (AvgIpc) is 2.40. The van der Waals surface area contributed by atoms with Crippen molar-refractivity contribution in [2.24, 2.45) is 5.41 Å². The lowest BCUT2D eigenvalue weighted by molar-refractivity contribution is -0.385. The van der Waals surface area contributed by atoms with Crippen molar-refractivity contribution >= 4 is 23.3 Å². The van der Waals surface area contributed by atoms with Crippen LogP contribution in [0.4, 0.5) is 5.69 Å². The zero-order valence-electron chi connectivity index (χ0n) is 11.4. The molecule has 108 valence electrons. The molecule has 1 aromatic carbocycles. The molecule has 0 saturated carbocycles. The van der Waals surface area contributed by atoms with Crippen LogP contribution in [-0.4, -0.2) is 17.5 Å². The van der Waals surface area contributed by atoms with Crippen LogP contribution in [0, 0.1) is 15.5 Å². The number of hydrogen-bond acceptors (Lipinski definition) is 4. The molecular formula is C14H16ClNO4. The van der Waals surface area contributed by atoms with Gasteiger partial charge in [-0.15, -0.1) is 6.58 Å². The first-order valence-corrected chi connectivity index (χ1v) is 6.46. The molecule has 0 aliphatic carbocycles. The van der Waals surface area contributed by atoms with Crippen LogP contribution in [0.1, 0.15) is 19.4 Å². The first kappa shape index (κ1) is 16.2. The van der Waals surface area contributed by atoms with Crippen molar-refractivity contribution in [1.82, 2.24) is 0 Å². The lowest BCUT2D eigenvalue weighted by Crippen LogP contribution is -2.30. The van der Waals surface area contributed by atoms with E-state index in [4.69, 9.17) is 16.3 Å². The summed E-state index contributed by atoms with van der Waals surface area (Å²) in [5.41, 5.74) is -0.879. The third-order valence-electron chi connectivity index (χ3n) is 3.03. The third kappa shape index (κ3) is 3.36. The Kier molecular flexibility index (Phi) is 5.27. The predicted octanol–water partition coefficient (Wildman–Crippen LogP) is 3.55. The molecule has 1 aromatic rings. The van der Waals surface area contributed by atoms with E-state index in [1.807, 2.05) is 0 Å². The van der Waals surface area contributed by atoms with Gasteiger partial charge in [-0.25, -0.2) is 0 Å². The minimum Gasteiger partial charge on any atom is -0.465 e. The van der Waals surface area contributed by atoms with Crippen molar-refractivity contribution in [2.45, 2.75) is 20.3 Å². The predicted molar refractivity (Wildman–Crippen MR) is 76.7 cm³/mol. The summed E-state index contributed by atoms with van der Waals surface area (Å²) in [7, 11) is 0. The Morgan fingerprint density at radius 2 is 2.25 bits per heavy atom. The van der Waals surface area contributed by atoms with Gasteiger partial charge in [-0.2, -0.15) is 0 Å². The van der Waals surface area contributed by atoms with Gasteiger partial charge in [0.05, 0.1) is 22.0 Å². The summed E-state index contributed by atoms with van der Waals surface area (Å²) in [6.45, 7) is 7.16. The fraction of sp³-hybridized carbons (Fsp3) is 0.357. The molecule has 0 fully saturated rings. The Bertz CT molecular complexity index is 544. The molecule has 0 radical (unpaired) electrons. The van der Waals surface area contributed by atoms with E-state index in [1.54, 1.807) is 19.9 Å². The van der Waals surface area contributed by atoms with Crippen LogP contribution in [0.15, 0.2) is 30.9 Å². The molecule has 1 atom stereocenters. The van der Waals surface area contributed by atoms with Crippen molar-refractivity contribution in [3.05, 3.63) is 51.6 Å². The second-order valence-electron chi connectivity index (χ2n) is 4.51. The molecule has 20 heavy (non-hydrogen) atoms. The zero-order chi connectivity index (χ0) is 15.3. The van der Waals surface area contributed by atoms with Crippen LogP contribution in [0.5, 0.6) is 0 Å². The van der Waals surface area contributed by atoms with Gasteiger partial charge in [0.1, 0.15) is 0 Å². The number of esters is 1. The average molecular weight is 298 g/mol. The third-order valence-corrected chi connectivity index (χ3v) is 3.38. The van der Waals surface area contributed by atoms with Gasteiger partial charge >= 0.3 is 5.97 Å². The number of ether oxygens (including phenoxy) is 1. The number of hydrogen-bond donors (Lipinski definition) is 0. The molecular weight excluding hydrogens is 282 g/mol. The van der Waals surface area contributed by atoms with E-state index in [0.29, 0.717) is 5.56 Å². The molecule has 1 rings (SSSR count). The van der Waals surface area contributed by atoms with Gasteiger partial charge in [0.2, 0.25) is 0 Å². The summed E-state index contributed by atoms with van der Waals surface area (Å²) in [5.74, 6) is -0.482. The fourth-order valence-electron chi connectivity index (χ4n) is 1.78. The van der Waals surface area contributed by atoms with Gasteiger partial charge in [0, 0.05) is 11.6 Å². The van der Waals surface area contributed by atoms with Gasteiger partial charge < -0.3 is 4.74 Å². The highest BCUT2D eigenvalue weighted by molar-refractivity contribution is 6.31. The number of carbonyl (C=O) groups is 1. The van der Waals surface area contributed by atoms with Crippen LogP contribution >= 0.6 is 11.6 Å². The Morgan fingerprint density at radius 1 is 1.60 bits per heavy atom. The van der Waals surface area contributed by atoms with E-state index in [1.165, 1.54) is 18.2 Å². The van der Waals surface area contributed by atoms with Crippen LogP contribution < -0.4 is 0 Å². The summed E-state index contributed by atoms with van der Waals surface area (Å²) in [5, 5.41) is 11.3. The van der Waals surface area contributed by atoms with Gasteiger partial charge in [-0.05, 0) is 26.3 Å². The quantitative estimate of drug-likeness (QED) is 0.348. The number of carbonyl (C=O) groups excluding carboxylic acids is 1. The van der Waals surface area contributed by atoms with E-state index >= 15 is 0 Å². The van der Waals surface area contributed by atoms with Gasteiger partial charge in [0.15, 0.2) is 0 Å². The zero-order valence-corrected chi connectivity index (χ0v) is 12.1. The van der Waals surface area contributed by atoms with Crippen LogP contribution in [-0.2, 0) is 16.0 Å². The highest BCUT2D eigenvalue weighted by Crippen LogP contribution is 2.34. The molecule has 0 bridgehead atoms. The lowest BCUT2D eigenvalue weighted by Gasteiger charge is -2.23. The Labute approximate surface area is 122 Å². The molecule has 5 nitrogen and oxygen atoms in total. The Hall–Kier alpha value is -1.88. The van der Waals surface area contributed by atoms with Crippen molar-refractivity contribution in [1.29, 1.82) is 0 Å². The molecule has 0 spiro atoms. The molecule has 0 aliphatic rings. The molecule has 6 heteroatoms. The van der Waals surface area contributed by atoms with Crippen LogP contribution in [0.2, 0.25) is 5.02 Å². The van der Waals surface area contributed by atoms with E-state index < -0.39 is 16.3 Å². The minimum atomic E-state index is -1.06. The monoisotopic (exact) mass is 297 g/mol. The van der Waals surface area contributed by atoms with Crippen molar-refractivity contribution in [3.8, 4) is 0 Å². The van der Waals surface area contributed by atoms with E-state index in [0.717, 1.165) is 0 Å². The number of rotatable bonds is 6. The normalized spacial score (nSPS) is 13.3. The summed E-state index contributed by atoms with van der Waals surface area (Å²) in [6.07, 6.45) is 1.49. The highest BCUT2D eigenvalue weighted by Gasteiger charge is 2.35. The Balaban J connectivity index is 3.22. The largest absolute Gasteiger partial charge is 0.465 e.